The van der Waals surface area contributed by atoms with Gasteiger partial charge in [-0.1, -0.05) is 0 Å². The fourth-order valence-corrected chi connectivity index (χ4v) is 1.98. The highest BCUT2D eigenvalue weighted by molar-refractivity contribution is 5.95. The van der Waals surface area contributed by atoms with Crippen molar-refractivity contribution < 1.29 is 19.1 Å². The molecule has 0 heterocycles. The zero-order chi connectivity index (χ0) is 15.3. The second-order valence-electron chi connectivity index (χ2n) is 4.39. The van der Waals surface area contributed by atoms with Gasteiger partial charge in [0, 0.05) is 20.1 Å². The van der Waals surface area contributed by atoms with Gasteiger partial charge in [-0.15, -0.1) is 0 Å². The van der Waals surface area contributed by atoms with Gasteiger partial charge in [0.2, 0.25) is 5.91 Å². The van der Waals surface area contributed by atoms with Crippen LogP contribution in [0.2, 0.25) is 0 Å². The van der Waals surface area contributed by atoms with Crippen molar-refractivity contribution in [2.24, 2.45) is 0 Å². The summed E-state index contributed by atoms with van der Waals surface area (Å²) in [5.74, 6) is -1.94. The third kappa shape index (κ3) is 3.69. The van der Waals surface area contributed by atoms with Crippen LogP contribution in [0.5, 0.6) is 0 Å². The molecule has 0 saturated heterocycles. The molecule has 0 radical (unpaired) electrons. The minimum absolute atomic E-state index is 0.0492. The van der Waals surface area contributed by atoms with Gasteiger partial charge in [-0.2, -0.15) is 0 Å². The highest BCUT2D eigenvalue weighted by Crippen LogP contribution is 2.20. The maximum absolute atomic E-state index is 13.1. The number of hydrogen-bond acceptors (Lipinski definition) is 3. The molecule has 1 aromatic carbocycles. The Bertz CT molecular complexity index is 501. The molecule has 0 aliphatic rings. The highest BCUT2D eigenvalue weighted by atomic mass is 19.1. The standard InChI is InChI=1S/C14H19FN2O3/c1-4-17(5-2)13(18)9-16(3)12-7-6-10(15)8-11(12)14(19)20/h6-8H,4-5,9H2,1-3H3,(H,19,20). The number of carbonyl (C=O) groups is 2. The topological polar surface area (TPSA) is 60.9 Å². The molecule has 1 rings (SSSR count). The van der Waals surface area contributed by atoms with Crippen LogP contribution in [0.4, 0.5) is 10.1 Å². The summed E-state index contributed by atoms with van der Waals surface area (Å²) in [5, 5.41) is 9.09. The lowest BCUT2D eigenvalue weighted by atomic mass is 10.1. The quantitative estimate of drug-likeness (QED) is 0.864. The molecule has 0 unspecified atom stereocenters. The van der Waals surface area contributed by atoms with E-state index in [0.29, 0.717) is 18.8 Å². The smallest absolute Gasteiger partial charge is 0.337 e. The maximum Gasteiger partial charge on any atom is 0.337 e. The van der Waals surface area contributed by atoms with Crippen molar-refractivity contribution in [2.45, 2.75) is 13.8 Å². The summed E-state index contributed by atoms with van der Waals surface area (Å²) in [6, 6.07) is 3.50. The Morgan fingerprint density at radius 2 is 1.85 bits per heavy atom. The van der Waals surface area contributed by atoms with Gasteiger partial charge in [0.05, 0.1) is 17.8 Å². The number of carbonyl (C=O) groups excluding carboxylic acids is 1. The molecule has 0 bridgehead atoms. The fraction of sp³-hybridized carbons (Fsp3) is 0.429. The Morgan fingerprint density at radius 3 is 2.35 bits per heavy atom. The van der Waals surface area contributed by atoms with E-state index in [4.69, 9.17) is 5.11 Å². The van der Waals surface area contributed by atoms with Crippen molar-refractivity contribution in [3.63, 3.8) is 0 Å². The minimum Gasteiger partial charge on any atom is -0.478 e. The Kier molecular flexibility index (Phi) is 5.49. The van der Waals surface area contributed by atoms with Gasteiger partial charge in [-0.25, -0.2) is 9.18 Å². The first-order valence-corrected chi connectivity index (χ1v) is 6.42. The zero-order valence-electron chi connectivity index (χ0n) is 11.9. The van der Waals surface area contributed by atoms with Crippen LogP contribution in [-0.2, 0) is 4.79 Å². The molecule has 0 aliphatic heterocycles. The van der Waals surface area contributed by atoms with E-state index in [0.717, 1.165) is 6.07 Å². The first kappa shape index (κ1) is 15.9. The first-order valence-electron chi connectivity index (χ1n) is 6.42. The van der Waals surface area contributed by atoms with E-state index in [-0.39, 0.29) is 18.0 Å². The van der Waals surface area contributed by atoms with Gasteiger partial charge < -0.3 is 14.9 Å². The number of nitrogens with zero attached hydrogens (tertiary/aromatic N) is 2. The van der Waals surface area contributed by atoms with Crippen LogP contribution in [-0.4, -0.2) is 48.6 Å². The maximum atomic E-state index is 13.1. The lowest BCUT2D eigenvalue weighted by Gasteiger charge is -2.25. The second-order valence-corrected chi connectivity index (χ2v) is 4.39. The Hall–Kier alpha value is -2.11. The SMILES string of the molecule is CCN(CC)C(=O)CN(C)c1ccc(F)cc1C(=O)O. The molecule has 1 amide bonds. The van der Waals surface area contributed by atoms with E-state index < -0.39 is 11.8 Å². The molecule has 1 N–H and O–H groups in total. The average molecular weight is 282 g/mol. The Balaban J connectivity index is 2.95. The van der Waals surface area contributed by atoms with Crippen molar-refractivity contribution in [1.82, 2.24) is 4.90 Å². The monoisotopic (exact) mass is 282 g/mol. The molecule has 5 nitrogen and oxygen atoms in total. The zero-order valence-corrected chi connectivity index (χ0v) is 11.9. The van der Waals surface area contributed by atoms with Crippen molar-refractivity contribution in [3.8, 4) is 0 Å². The third-order valence-corrected chi connectivity index (χ3v) is 3.09. The molecule has 20 heavy (non-hydrogen) atoms. The van der Waals surface area contributed by atoms with Crippen LogP contribution < -0.4 is 4.90 Å². The summed E-state index contributed by atoms with van der Waals surface area (Å²) in [4.78, 5) is 26.3. The molecule has 0 atom stereocenters. The number of amides is 1. The van der Waals surface area contributed by atoms with E-state index in [1.54, 1.807) is 11.9 Å². The first-order chi connectivity index (χ1) is 9.40. The Morgan fingerprint density at radius 1 is 1.25 bits per heavy atom. The molecule has 0 fully saturated rings. The van der Waals surface area contributed by atoms with Crippen molar-refractivity contribution in [3.05, 3.63) is 29.6 Å². The molecule has 0 saturated carbocycles. The van der Waals surface area contributed by atoms with Crippen LogP contribution in [0.3, 0.4) is 0 Å². The van der Waals surface area contributed by atoms with Gasteiger partial charge in [-0.05, 0) is 32.0 Å². The number of halogens is 1. The predicted octanol–water partition coefficient (Wildman–Crippen LogP) is 1.83. The number of anilines is 1. The molecule has 0 spiro atoms. The largest absolute Gasteiger partial charge is 0.478 e. The molecule has 0 aliphatic carbocycles. The number of rotatable bonds is 6. The number of benzene rings is 1. The number of carboxylic acid groups (broad SMARTS) is 1. The summed E-state index contributed by atoms with van der Waals surface area (Å²) >= 11 is 0. The lowest BCUT2D eigenvalue weighted by Crippen LogP contribution is -2.39. The van der Waals surface area contributed by atoms with Crippen molar-refractivity contribution in [2.75, 3.05) is 31.6 Å². The third-order valence-electron chi connectivity index (χ3n) is 3.09. The molecule has 6 heteroatoms. The van der Waals surface area contributed by atoms with E-state index in [2.05, 4.69) is 0 Å². The molecular formula is C14H19FN2O3. The van der Waals surface area contributed by atoms with Crippen LogP contribution in [0.1, 0.15) is 24.2 Å². The van der Waals surface area contributed by atoms with E-state index in [1.165, 1.54) is 17.0 Å². The van der Waals surface area contributed by atoms with Crippen LogP contribution >= 0.6 is 0 Å². The molecule has 0 aromatic heterocycles. The minimum atomic E-state index is -1.22. The summed E-state index contributed by atoms with van der Waals surface area (Å²) in [6.45, 7) is 4.99. The summed E-state index contributed by atoms with van der Waals surface area (Å²) in [6.07, 6.45) is 0. The number of carboxylic acids is 1. The molecule has 1 aromatic rings. The Labute approximate surface area is 117 Å². The van der Waals surface area contributed by atoms with Gasteiger partial charge in [0.15, 0.2) is 0 Å². The summed E-state index contributed by atoms with van der Waals surface area (Å²) < 4.78 is 13.1. The number of hydrogen-bond donors (Lipinski definition) is 1. The van der Waals surface area contributed by atoms with E-state index >= 15 is 0 Å². The van der Waals surface area contributed by atoms with Crippen LogP contribution in [0.25, 0.3) is 0 Å². The normalized spacial score (nSPS) is 10.2. The van der Waals surface area contributed by atoms with Crippen LogP contribution in [0, 0.1) is 5.82 Å². The second kappa shape index (κ2) is 6.88. The van der Waals surface area contributed by atoms with Crippen molar-refractivity contribution in [1.29, 1.82) is 0 Å². The fourth-order valence-electron chi connectivity index (χ4n) is 1.98. The highest BCUT2D eigenvalue weighted by Gasteiger charge is 2.18. The van der Waals surface area contributed by atoms with Gasteiger partial charge >= 0.3 is 5.97 Å². The van der Waals surface area contributed by atoms with Gasteiger partial charge in [-0.3, -0.25) is 4.79 Å². The lowest BCUT2D eigenvalue weighted by molar-refractivity contribution is -0.129. The molecule has 110 valence electrons. The van der Waals surface area contributed by atoms with Gasteiger partial charge in [0.25, 0.3) is 0 Å². The van der Waals surface area contributed by atoms with Gasteiger partial charge in [0.1, 0.15) is 5.82 Å². The van der Waals surface area contributed by atoms with E-state index in [1.807, 2.05) is 13.8 Å². The van der Waals surface area contributed by atoms with Crippen LogP contribution in [0.15, 0.2) is 18.2 Å². The summed E-state index contributed by atoms with van der Waals surface area (Å²) in [5.41, 5.74) is 0.166. The predicted molar refractivity (Wildman–Crippen MR) is 74.6 cm³/mol. The van der Waals surface area contributed by atoms with E-state index in [9.17, 15) is 14.0 Å². The number of aromatic carboxylic acids is 1. The average Bonchev–Trinajstić information content (AvgIpc) is 2.39. The summed E-state index contributed by atoms with van der Waals surface area (Å²) in [7, 11) is 1.61. The number of likely N-dealkylation sites (N-methyl/N-ethyl adjacent to an activating group) is 2. The van der Waals surface area contributed by atoms with Crippen molar-refractivity contribution >= 4 is 17.6 Å². The molecular weight excluding hydrogens is 263 g/mol.